The van der Waals surface area contributed by atoms with Gasteiger partial charge in [-0.15, -0.1) is 0 Å². The number of para-hydroxylation sites is 1. The lowest BCUT2D eigenvalue weighted by Gasteiger charge is -2.18. The molecule has 0 aliphatic rings. The van der Waals surface area contributed by atoms with Gasteiger partial charge in [-0.05, 0) is 51.1 Å². The van der Waals surface area contributed by atoms with Crippen molar-refractivity contribution in [1.82, 2.24) is 14.3 Å². The number of benzene rings is 2. The van der Waals surface area contributed by atoms with Crippen molar-refractivity contribution in [2.75, 3.05) is 13.7 Å². The number of aromatic nitrogens is 2. The molecule has 3 rings (SSSR count). The minimum atomic E-state index is -3.93. The molecule has 1 heterocycles. The summed E-state index contributed by atoms with van der Waals surface area (Å²) in [6.07, 6.45) is 0.660. The van der Waals surface area contributed by atoms with Gasteiger partial charge in [-0.2, -0.15) is 0 Å². The van der Waals surface area contributed by atoms with Crippen LogP contribution in [0, 0.1) is 13.8 Å². The molecule has 34 heavy (non-hydrogen) atoms. The van der Waals surface area contributed by atoms with Crippen LogP contribution in [-0.2, 0) is 21.4 Å². The van der Waals surface area contributed by atoms with E-state index in [9.17, 15) is 23.1 Å². The maximum absolute atomic E-state index is 13.7. The Kier molecular flexibility index (Phi) is 7.70. The third-order valence-corrected chi connectivity index (χ3v) is 6.78. The fourth-order valence-electron chi connectivity index (χ4n) is 3.62. The number of aliphatic hydroxyl groups excluding tert-OH is 1. The number of fused-ring (bicyclic) bond motifs is 1. The zero-order valence-electron chi connectivity index (χ0n) is 19.4. The molecule has 0 spiro atoms. The summed E-state index contributed by atoms with van der Waals surface area (Å²) in [6.45, 7) is 4.87. The largest absolute Gasteiger partial charge is 0.513 e. The zero-order valence-corrected chi connectivity index (χ0v) is 20.2. The minimum absolute atomic E-state index is 0.0294. The van der Waals surface area contributed by atoms with Gasteiger partial charge in [0.25, 0.3) is 5.56 Å². The topological polar surface area (TPSA) is 137 Å². The van der Waals surface area contributed by atoms with Crippen LogP contribution in [0.5, 0.6) is 5.75 Å². The van der Waals surface area contributed by atoms with Gasteiger partial charge < -0.3 is 14.6 Å². The number of rotatable bonds is 8. The van der Waals surface area contributed by atoms with Crippen molar-refractivity contribution in [3.63, 3.8) is 0 Å². The van der Waals surface area contributed by atoms with E-state index in [2.05, 4.69) is 9.71 Å². The van der Waals surface area contributed by atoms with Gasteiger partial charge in [-0.25, -0.2) is 22.9 Å². The maximum Gasteiger partial charge on any atom is 0.513 e. The Bertz CT molecular complexity index is 1400. The van der Waals surface area contributed by atoms with Gasteiger partial charge >= 0.3 is 6.16 Å². The van der Waals surface area contributed by atoms with Crippen LogP contribution in [0.15, 0.2) is 40.0 Å². The van der Waals surface area contributed by atoms with Crippen LogP contribution in [0.1, 0.15) is 36.7 Å². The molecule has 2 N–H and O–H groups in total. The van der Waals surface area contributed by atoms with Gasteiger partial charge in [-0.1, -0.05) is 25.5 Å². The van der Waals surface area contributed by atoms with Crippen molar-refractivity contribution in [2.45, 2.75) is 45.1 Å². The third-order valence-electron chi connectivity index (χ3n) is 5.32. The van der Waals surface area contributed by atoms with Gasteiger partial charge in [0.15, 0.2) is 0 Å². The second-order valence-electron chi connectivity index (χ2n) is 7.60. The average molecular weight is 490 g/mol. The molecule has 0 radical (unpaired) electrons. The van der Waals surface area contributed by atoms with Crippen molar-refractivity contribution < 1.29 is 27.8 Å². The lowest BCUT2D eigenvalue weighted by Crippen LogP contribution is -2.28. The predicted molar refractivity (Wildman–Crippen MR) is 126 cm³/mol. The molecule has 0 amide bonds. The Morgan fingerprint density at radius 2 is 1.94 bits per heavy atom. The summed E-state index contributed by atoms with van der Waals surface area (Å²) in [5.74, 6) is 0.120. The summed E-state index contributed by atoms with van der Waals surface area (Å²) in [4.78, 5) is 30.1. The lowest BCUT2D eigenvalue weighted by molar-refractivity contribution is 0.0974. The van der Waals surface area contributed by atoms with Gasteiger partial charge in [0, 0.05) is 5.56 Å². The molecule has 182 valence electrons. The second kappa shape index (κ2) is 10.3. The van der Waals surface area contributed by atoms with E-state index in [4.69, 9.17) is 9.47 Å². The van der Waals surface area contributed by atoms with E-state index < -0.39 is 28.3 Å². The molecular weight excluding hydrogens is 462 g/mol. The van der Waals surface area contributed by atoms with Crippen molar-refractivity contribution in [3.8, 4) is 11.4 Å². The van der Waals surface area contributed by atoms with Crippen LogP contribution in [-0.4, -0.2) is 42.9 Å². The van der Waals surface area contributed by atoms with Crippen LogP contribution in [0.4, 0.5) is 4.79 Å². The fourth-order valence-corrected chi connectivity index (χ4v) is 4.54. The maximum atomic E-state index is 13.7. The summed E-state index contributed by atoms with van der Waals surface area (Å²) in [5.41, 5.74) is 0.577. The number of hydrogen-bond donors (Lipinski definition) is 2. The highest BCUT2D eigenvalue weighted by Crippen LogP contribution is 2.30. The highest BCUT2D eigenvalue weighted by Gasteiger charge is 2.24. The number of aryl methyl sites for hydroxylation is 2. The molecule has 0 aliphatic carbocycles. The van der Waals surface area contributed by atoms with E-state index in [0.29, 0.717) is 17.5 Å². The quantitative estimate of drug-likeness (QED) is 0.280. The van der Waals surface area contributed by atoms with Crippen LogP contribution in [0.2, 0.25) is 0 Å². The highest BCUT2D eigenvalue weighted by molar-refractivity contribution is 7.89. The molecule has 11 heteroatoms. The first kappa shape index (κ1) is 25.3. The Hall–Kier alpha value is -3.28. The van der Waals surface area contributed by atoms with Gasteiger partial charge in [-0.3, -0.25) is 9.36 Å². The standard InChI is InChI=1S/C23H27N3O7S/c1-5-6-11-32-23(29)33-21-14(2)12-16-20(15(21)3)22(28)26(19(13-27)25-16)17-9-7-8-10-18(17)34(30,31)24-4/h7-10,12,24,27H,5-6,11,13H2,1-4H3. The molecule has 0 unspecified atom stereocenters. The zero-order chi connectivity index (χ0) is 25.0. The summed E-state index contributed by atoms with van der Waals surface area (Å²) >= 11 is 0. The predicted octanol–water partition coefficient (Wildman–Crippen LogP) is 2.72. The molecule has 0 bridgehead atoms. The molecule has 2 aromatic carbocycles. The minimum Gasteiger partial charge on any atom is -0.434 e. The first-order chi connectivity index (χ1) is 16.2. The summed E-state index contributed by atoms with van der Waals surface area (Å²) in [7, 11) is -2.67. The molecule has 0 atom stereocenters. The van der Waals surface area contributed by atoms with Gasteiger partial charge in [0.1, 0.15) is 23.1 Å². The van der Waals surface area contributed by atoms with Crippen molar-refractivity contribution in [1.29, 1.82) is 0 Å². The molecule has 0 saturated heterocycles. The summed E-state index contributed by atoms with van der Waals surface area (Å²) < 4.78 is 38.9. The SMILES string of the molecule is CCCCOC(=O)Oc1c(C)cc2nc(CO)n(-c3ccccc3S(=O)(=O)NC)c(=O)c2c1C. The summed E-state index contributed by atoms with van der Waals surface area (Å²) in [5, 5.41) is 10.1. The Morgan fingerprint density at radius 1 is 1.24 bits per heavy atom. The van der Waals surface area contributed by atoms with E-state index >= 15 is 0 Å². The van der Waals surface area contributed by atoms with E-state index in [0.717, 1.165) is 11.0 Å². The van der Waals surface area contributed by atoms with E-state index in [-0.39, 0.29) is 39.7 Å². The van der Waals surface area contributed by atoms with E-state index in [1.165, 1.54) is 25.2 Å². The molecule has 0 fully saturated rings. The number of carbonyl (C=O) groups is 1. The molecule has 0 aliphatic heterocycles. The number of nitrogens with one attached hydrogen (secondary N) is 1. The number of aliphatic hydroxyl groups is 1. The monoisotopic (exact) mass is 489 g/mol. The van der Waals surface area contributed by atoms with Crippen LogP contribution < -0.4 is 15.0 Å². The Balaban J connectivity index is 2.27. The van der Waals surface area contributed by atoms with E-state index in [1.54, 1.807) is 26.0 Å². The average Bonchev–Trinajstić information content (AvgIpc) is 2.81. The first-order valence-electron chi connectivity index (χ1n) is 10.7. The van der Waals surface area contributed by atoms with Crippen molar-refractivity contribution in [3.05, 3.63) is 57.6 Å². The number of sulfonamides is 1. The number of carbonyl (C=O) groups excluding carboxylic acids is 1. The number of nitrogens with zero attached hydrogens (tertiary/aromatic N) is 2. The second-order valence-corrected chi connectivity index (χ2v) is 9.45. The summed E-state index contributed by atoms with van der Waals surface area (Å²) in [6, 6.07) is 7.46. The molecular formula is C23H27N3O7S. The Morgan fingerprint density at radius 3 is 2.59 bits per heavy atom. The number of ether oxygens (including phenoxy) is 2. The fraction of sp³-hybridized carbons (Fsp3) is 0.348. The molecule has 10 nitrogen and oxygen atoms in total. The Labute approximate surface area is 197 Å². The molecule has 1 aromatic heterocycles. The number of unbranched alkanes of at least 4 members (excludes halogenated alkanes) is 1. The molecule has 0 saturated carbocycles. The first-order valence-corrected chi connectivity index (χ1v) is 12.2. The normalized spacial score (nSPS) is 11.6. The van der Waals surface area contributed by atoms with E-state index in [1.807, 2.05) is 6.92 Å². The lowest BCUT2D eigenvalue weighted by atomic mass is 10.0. The molecule has 3 aromatic rings. The highest BCUT2D eigenvalue weighted by atomic mass is 32.2. The van der Waals surface area contributed by atoms with Crippen molar-refractivity contribution in [2.24, 2.45) is 0 Å². The smallest absolute Gasteiger partial charge is 0.434 e. The van der Waals surface area contributed by atoms with Crippen LogP contribution in [0.3, 0.4) is 0 Å². The van der Waals surface area contributed by atoms with Crippen LogP contribution in [0.25, 0.3) is 16.6 Å². The van der Waals surface area contributed by atoms with Gasteiger partial charge in [0.2, 0.25) is 10.0 Å². The van der Waals surface area contributed by atoms with Crippen molar-refractivity contribution >= 4 is 27.1 Å². The number of hydrogen-bond acceptors (Lipinski definition) is 8. The van der Waals surface area contributed by atoms with Gasteiger partial charge in [0.05, 0.1) is 23.2 Å². The van der Waals surface area contributed by atoms with Crippen LogP contribution >= 0.6 is 0 Å². The third kappa shape index (κ3) is 4.81.